The fourth-order valence-electron chi connectivity index (χ4n) is 3.60. The van der Waals surface area contributed by atoms with Crippen molar-refractivity contribution in [1.82, 2.24) is 5.32 Å². The molecule has 170 valence electrons. The van der Waals surface area contributed by atoms with E-state index >= 15 is 0 Å². The molecule has 4 N–H and O–H groups in total. The molecule has 0 aliphatic carbocycles. The predicted octanol–water partition coefficient (Wildman–Crippen LogP) is 4.28. The van der Waals surface area contributed by atoms with E-state index in [1.165, 1.54) is 6.07 Å². The molecule has 0 aliphatic rings. The first-order chi connectivity index (χ1) is 14.5. The number of carbonyl (C=O) groups is 1. The number of nitrogens with two attached hydrogens (primary N) is 1. The van der Waals surface area contributed by atoms with Gasteiger partial charge in [-0.15, -0.1) is 0 Å². The van der Waals surface area contributed by atoms with Gasteiger partial charge in [0.25, 0.3) is 0 Å². The van der Waals surface area contributed by atoms with Crippen molar-refractivity contribution in [2.24, 2.45) is 11.7 Å². The van der Waals surface area contributed by atoms with E-state index in [9.17, 15) is 23.1 Å². The van der Waals surface area contributed by atoms with Gasteiger partial charge in [0.05, 0.1) is 11.7 Å². The van der Waals surface area contributed by atoms with Gasteiger partial charge in [-0.1, -0.05) is 48.5 Å². The minimum atomic E-state index is -4.40. The number of primary amides is 1. The number of rotatable bonds is 10. The second kappa shape index (κ2) is 10.6. The molecule has 31 heavy (non-hydrogen) atoms. The first kappa shape index (κ1) is 24.7. The molecule has 0 aromatic heterocycles. The topological polar surface area (TPSA) is 84.6 Å². The van der Waals surface area contributed by atoms with Crippen LogP contribution in [0.1, 0.15) is 37.0 Å². The van der Waals surface area contributed by atoms with Crippen LogP contribution in [0.4, 0.5) is 18.0 Å². The van der Waals surface area contributed by atoms with Gasteiger partial charge in [0, 0.05) is 13.1 Å². The molecule has 2 rings (SSSR count). The quantitative estimate of drug-likeness (QED) is 0.517. The Kier molecular flexibility index (Phi) is 8.47. The highest BCUT2D eigenvalue weighted by Gasteiger charge is 2.31. The van der Waals surface area contributed by atoms with Crippen molar-refractivity contribution in [3.63, 3.8) is 0 Å². The zero-order valence-corrected chi connectivity index (χ0v) is 17.7. The van der Waals surface area contributed by atoms with E-state index in [1.807, 2.05) is 30.3 Å². The second-order valence-electron chi connectivity index (χ2n) is 8.23. The third-order valence-electron chi connectivity index (χ3n) is 4.95. The van der Waals surface area contributed by atoms with Crippen LogP contribution in [0.2, 0.25) is 0 Å². The first-order valence-electron chi connectivity index (χ1n) is 10.0. The molecule has 5 nitrogen and oxygen atoms in total. The molecule has 0 spiro atoms. The van der Waals surface area contributed by atoms with Gasteiger partial charge in [0.1, 0.15) is 5.60 Å². The van der Waals surface area contributed by atoms with Crippen LogP contribution in [0.3, 0.4) is 0 Å². The molecule has 0 saturated carbocycles. The number of amides is 1. The summed E-state index contributed by atoms with van der Waals surface area (Å²) in [6, 6.07) is 14.6. The van der Waals surface area contributed by atoms with Crippen molar-refractivity contribution in [3.8, 4) is 0 Å². The Bertz CT molecular complexity index is 841. The molecule has 2 aromatic rings. The van der Waals surface area contributed by atoms with Crippen LogP contribution in [0.25, 0.3) is 0 Å². The molecular formula is C23H29F3N2O3. The van der Waals surface area contributed by atoms with Crippen molar-refractivity contribution in [2.45, 2.75) is 51.1 Å². The standard InChI is InChI=1S/C23H29F3N2O3/c1-22(2,31-21(27)30)13-18(11-16-7-4-3-5-8-16)20(29)15-28-14-17-9-6-10-19(12-17)23(24,25)26/h3-10,12,18,20,28-29H,11,13-15H2,1-2H3,(H2,27,30)/t18-,20-/m0/s1. The van der Waals surface area contributed by atoms with E-state index in [4.69, 9.17) is 10.5 Å². The van der Waals surface area contributed by atoms with Crippen LogP contribution < -0.4 is 11.1 Å². The number of aliphatic hydroxyl groups excluding tert-OH is 1. The lowest BCUT2D eigenvalue weighted by Gasteiger charge is -2.32. The summed E-state index contributed by atoms with van der Waals surface area (Å²) in [4.78, 5) is 11.2. The van der Waals surface area contributed by atoms with E-state index in [-0.39, 0.29) is 19.0 Å². The molecule has 0 saturated heterocycles. The van der Waals surface area contributed by atoms with Crippen molar-refractivity contribution in [3.05, 3.63) is 71.3 Å². The molecular weight excluding hydrogens is 409 g/mol. The van der Waals surface area contributed by atoms with Crippen LogP contribution >= 0.6 is 0 Å². The average molecular weight is 438 g/mol. The highest BCUT2D eigenvalue weighted by molar-refractivity contribution is 5.65. The summed E-state index contributed by atoms with van der Waals surface area (Å²) in [5, 5.41) is 13.8. The smallest absolute Gasteiger partial charge is 0.416 e. The minimum absolute atomic E-state index is 0.167. The number of alkyl halides is 3. The summed E-state index contributed by atoms with van der Waals surface area (Å²) in [5.41, 5.74) is 5.05. The molecule has 1 amide bonds. The largest absolute Gasteiger partial charge is 0.444 e. The Morgan fingerprint density at radius 1 is 1.10 bits per heavy atom. The van der Waals surface area contributed by atoms with Crippen LogP contribution in [-0.4, -0.2) is 29.4 Å². The molecule has 0 fully saturated rings. The highest BCUT2D eigenvalue weighted by Crippen LogP contribution is 2.30. The van der Waals surface area contributed by atoms with Gasteiger partial charge >= 0.3 is 12.3 Å². The highest BCUT2D eigenvalue weighted by atomic mass is 19.4. The molecule has 0 heterocycles. The fraction of sp³-hybridized carbons (Fsp3) is 0.435. The number of aliphatic hydroxyl groups is 1. The maximum atomic E-state index is 12.9. The lowest BCUT2D eigenvalue weighted by molar-refractivity contribution is -0.137. The van der Waals surface area contributed by atoms with Gasteiger partial charge in [0.15, 0.2) is 0 Å². The van der Waals surface area contributed by atoms with E-state index in [0.717, 1.165) is 17.7 Å². The Labute approximate surface area is 180 Å². The van der Waals surface area contributed by atoms with Gasteiger partial charge in [-0.25, -0.2) is 4.79 Å². The molecule has 0 bridgehead atoms. The van der Waals surface area contributed by atoms with Gasteiger partial charge in [0.2, 0.25) is 0 Å². The van der Waals surface area contributed by atoms with Crippen molar-refractivity contribution in [2.75, 3.05) is 6.54 Å². The third-order valence-corrected chi connectivity index (χ3v) is 4.95. The number of hydrogen-bond acceptors (Lipinski definition) is 4. The Balaban J connectivity index is 2.03. The van der Waals surface area contributed by atoms with Gasteiger partial charge in [-0.2, -0.15) is 13.2 Å². The second-order valence-corrected chi connectivity index (χ2v) is 8.23. The molecule has 8 heteroatoms. The maximum Gasteiger partial charge on any atom is 0.416 e. The third kappa shape index (κ3) is 8.59. The Morgan fingerprint density at radius 3 is 2.35 bits per heavy atom. The van der Waals surface area contributed by atoms with E-state index in [2.05, 4.69) is 5.32 Å². The van der Waals surface area contributed by atoms with Crippen molar-refractivity contribution < 1.29 is 27.8 Å². The maximum absolute atomic E-state index is 12.9. The summed E-state index contributed by atoms with van der Waals surface area (Å²) < 4.78 is 43.8. The monoisotopic (exact) mass is 438 g/mol. The minimum Gasteiger partial charge on any atom is -0.444 e. The number of ether oxygens (including phenoxy) is 1. The van der Waals surface area contributed by atoms with Crippen LogP contribution in [0.15, 0.2) is 54.6 Å². The SMILES string of the molecule is CC(C)(C[C@H](Cc1ccccc1)[C@@H](O)CNCc1cccc(C(F)(F)F)c1)OC(N)=O. The van der Waals surface area contributed by atoms with Crippen molar-refractivity contribution in [1.29, 1.82) is 0 Å². The van der Waals surface area contributed by atoms with E-state index in [0.29, 0.717) is 18.4 Å². The number of nitrogens with one attached hydrogen (secondary N) is 1. The molecule has 2 atom stereocenters. The summed E-state index contributed by atoms with van der Waals surface area (Å²) in [5.74, 6) is -0.272. The fourth-order valence-corrected chi connectivity index (χ4v) is 3.60. The predicted molar refractivity (Wildman–Crippen MR) is 112 cm³/mol. The number of benzene rings is 2. The van der Waals surface area contributed by atoms with Gasteiger partial charge < -0.3 is 20.9 Å². The first-order valence-corrected chi connectivity index (χ1v) is 10.0. The Hall–Kier alpha value is -2.58. The van der Waals surface area contributed by atoms with Crippen LogP contribution in [-0.2, 0) is 23.9 Å². The van der Waals surface area contributed by atoms with Crippen LogP contribution in [0.5, 0.6) is 0 Å². The zero-order valence-electron chi connectivity index (χ0n) is 17.7. The zero-order chi connectivity index (χ0) is 23.1. The average Bonchev–Trinajstić information content (AvgIpc) is 2.66. The number of hydrogen-bond donors (Lipinski definition) is 3. The molecule has 2 aromatic carbocycles. The molecule has 0 radical (unpaired) electrons. The number of halogens is 3. The van der Waals surface area contributed by atoms with Gasteiger partial charge in [-0.3, -0.25) is 0 Å². The summed E-state index contributed by atoms with van der Waals surface area (Å²) in [6.45, 7) is 3.79. The molecule has 0 aliphatic heterocycles. The van der Waals surface area contributed by atoms with Gasteiger partial charge in [-0.05, 0) is 49.8 Å². The lowest BCUT2D eigenvalue weighted by atomic mass is 9.84. The normalized spacial score (nSPS) is 14.1. The van der Waals surface area contributed by atoms with Crippen LogP contribution in [0, 0.1) is 5.92 Å². The van der Waals surface area contributed by atoms with Crippen molar-refractivity contribution >= 4 is 6.09 Å². The summed E-state index contributed by atoms with van der Waals surface area (Å²) in [6.07, 6.45) is -5.21. The lowest BCUT2D eigenvalue weighted by Crippen LogP contribution is -2.40. The van der Waals surface area contributed by atoms with E-state index < -0.39 is 29.5 Å². The molecule has 0 unspecified atom stereocenters. The Morgan fingerprint density at radius 2 is 1.74 bits per heavy atom. The summed E-state index contributed by atoms with van der Waals surface area (Å²) >= 11 is 0. The number of carbonyl (C=O) groups excluding carboxylic acids is 1. The van der Waals surface area contributed by atoms with E-state index in [1.54, 1.807) is 19.9 Å². The summed E-state index contributed by atoms with van der Waals surface area (Å²) in [7, 11) is 0.